The SMILES string of the molecule is C[C@@H]1CC[C@H](CO)[C@@H](CO)C1. The van der Waals surface area contributed by atoms with Gasteiger partial charge < -0.3 is 10.2 Å². The second kappa shape index (κ2) is 4.07. The van der Waals surface area contributed by atoms with Gasteiger partial charge in [-0.25, -0.2) is 0 Å². The molecule has 0 aromatic carbocycles. The Kier molecular flexibility index (Phi) is 3.34. The Balaban J connectivity index is 2.41. The first-order chi connectivity index (χ1) is 5.27. The summed E-state index contributed by atoms with van der Waals surface area (Å²) in [4.78, 5) is 0. The van der Waals surface area contributed by atoms with E-state index in [0.29, 0.717) is 11.8 Å². The fraction of sp³-hybridized carbons (Fsp3) is 1.00. The lowest BCUT2D eigenvalue weighted by atomic mass is 9.75. The van der Waals surface area contributed by atoms with E-state index in [4.69, 9.17) is 10.2 Å². The van der Waals surface area contributed by atoms with E-state index in [1.807, 2.05) is 0 Å². The van der Waals surface area contributed by atoms with Crippen molar-refractivity contribution in [2.45, 2.75) is 26.2 Å². The predicted molar refractivity (Wildman–Crippen MR) is 44.2 cm³/mol. The predicted octanol–water partition coefficient (Wildman–Crippen LogP) is 1.02. The molecule has 1 aliphatic rings. The maximum atomic E-state index is 9.00. The third-order valence-electron chi connectivity index (χ3n) is 2.87. The molecule has 0 aliphatic heterocycles. The summed E-state index contributed by atoms with van der Waals surface area (Å²) >= 11 is 0. The molecule has 1 fully saturated rings. The molecule has 1 aliphatic carbocycles. The molecule has 0 heterocycles. The molecular formula is C9H18O2. The average Bonchev–Trinajstić information content (AvgIpc) is 2.04. The van der Waals surface area contributed by atoms with Crippen LogP contribution >= 0.6 is 0 Å². The van der Waals surface area contributed by atoms with Crippen LogP contribution in [0.5, 0.6) is 0 Å². The highest BCUT2D eigenvalue weighted by Gasteiger charge is 2.27. The van der Waals surface area contributed by atoms with Crippen molar-refractivity contribution in [2.24, 2.45) is 17.8 Å². The summed E-state index contributed by atoms with van der Waals surface area (Å²) in [7, 11) is 0. The first kappa shape index (κ1) is 9.01. The van der Waals surface area contributed by atoms with E-state index in [1.165, 1.54) is 6.42 Å². The Labute approximate surface area is 68.2 Å². The van der Waals surface area contributed by atoms with Gasteiger partial charge in [0.05, 0.1) is 0 Å². The highest BCUT2D eigenvalue weighted by Crippen LogP contribution is 2.32. The fourth-order valence-corrected chi connectivity index (χ4v) is 2.03. The molecule has 2 heteroatoms. The molecule has 66 valence electrons. The van der Waals surface area contributed by atoms with Gasteiger partial charge in [-0.2, -0.15) is 0 Å². The molecule has 0 amide bonds. The maximum Gasteiger partial charge on any atom is 0.0462 e. The van der Waals surface area contributed by atoms with Crippen molar-refractivity contribution < 1.29 is 10.2 Å². The zero-order valence-corrected chi connectivity index (χ0v) is 7.16. The van der Waals surface area contributed by atoms with Crippen molar-refractivity contribution in [3.8, 4) is 0 Å². The molecule has 0 aromatic heterocycles. The highest BCUT2D eigenvalue weighted by atomic mass is 16.3. The molecule has 0 spiro atoms. The van der Waals surface area contributed by atoms with Crippen LogP contribution in [-0.2, 0) is 0 Å². The minimum atomic E-state index is 0.246. The van der Waals surface area contributed by atoms with E-state index < -0.39 is 0 Å². The largest absolute Gasteiger partial charge is 0.396 e. The van der Waals surface area contributed by atoms with Gasteiger partial charge in [-0.05, 0) is 30.6 Å². The van der Waals surface area contributed by atoms with Gasteiger partial charge >= 0.3 is 0 Å². The summed E-state index contributed by atoms with van der Waals surface area (Å²) in [6, 6.07) is 0. The van der Waals surface area contributed by atoms with Gasteiger partial charge in [-0.3, -0.25) is 0 Å². The lowest BCUT2D eigenvalue weighted by molar-refractivity contribution is 0.0686. The molecule has 0 aromatic rings. The average molecular weight is 158 g/mol. The second-order valence-electron chi connectivity index (χ2n) is 3.80. The summed E-state index contributed by atoms with van der Waals surface area (Å²) in [6.45, 7) is 2.71. The summed E-state index contributed by atoms with van der Waals surface area (Å²) in [5, 5.41) is 18.0. The molecule has 0 bridgehead atoms. The van der Waals surface area contributed by atoms with Gasteiger partial charge in [0.25, 0.3) is 0 Å². The van der Waals surface area contributed by atoms with Crippen LogP contribution in [0, 0.1) is 17.8 Å². The summed E-state index contributed by atoms with van der Waals surface area (Å²) < 4.78 is 0. The molecule has 2 N–H and O–H groups in total. The summed E-state index contributed by atoms with van der Waals surface area (Å²) in [5.41, 5.74) is 0. The summed E-state index contributed by atoms with van der Waals surface area (Å²) in [6.07, 6.45) is 3.38. The standard InChI is InChI=1S/C9H18O2/c1-7-2-3-8(5-10)9(4-7)6-11/h7-11H,2-6H2,1H3/t7-,8-,9-/m1/s1. The molecule has 1 saturated carbocycles. The van der Waals surface area contributed by atoms with Crippen molar-refractivity contribution in [3.63, 3.8) is 0 Å². The lowest BCUT2D eigenvalue weighted by Gasteiger charge is -2.32. The molecule has 0 saturated heterocycles. The second-order valence-corrected chi connectivity index (χ2v) is 3.80. The van der Waals surface area contributed by atoms with E-state index in [0.717, 1.165) is 18.8 Å². The fourth-order valence-electron chi connectivity index (χ4n) is 2.03. The van der Waals surface area contributed by atoms with Crippen LogP contribution in [0.15, 0.2) is 0 Å². The van der Waals surface area contributed by atoms with Crippen molar-refractivity contribution in [1.29, 1.82) is 0 Å². The molecule has 1 rings (SSSR count). The molecule has 11 heavy (non-hydrogen) atoms. The molecule has 0 unspecified atom stereocenters. The minimum Gasteiger partial charge on any atom is -0.396 e. The topological polar surface area (TPSA) is 40.5 Å². The van der Waals surface area contributed by atoms with Crippen molar-refractivity contribution in [2.75, 3.05) is 13.2 Å². The van der Waals surface area contributed by atoms with Gasteiger partial charge in [-0.1, -0.05) is 13.3 Å². The van der Waals surface area contributed by atoms with E-state index in [9.17, 15) is 0 Å². The van der Waals surface area contributed by atoms with Gasteiger partial charge in [0, 0.05) is 13.2 Å². The molecular weight excluding hydrogens is 140 g/mol. The Bertz CT molecular complexity index is 114. The smallest absolute Gasteiger partial charge is 0.0462 e. The zero-order chi connectivity index (χ0) is 8.27. The van der Waals surface area contributed by atoms with Gasteiger partial charge in [-0.15, -0.1) is 0 Å². The number of hydrogen-bond donors (Lipinski definition) is 2. The van der Waals surface area contributed by atoms with Crippen LogP contribution in [0.4, 0.5) is 0 Å². The molecule has 3 atom stereocenters. The highest BCUT2D eigenvalue weighted by molar-refractivity contribution is 4.77. The summed E-state index contributed by atoms with van der Waals surface area (Å²) in [5.74, 6) is 1.44. The van der Waals surface area contributed by atoms with E-state index in [2.05, 4.69) is 6.92 Å². The van der Waals surface area contributed by atoms with Crippen LogP contribution in [0.3, 0.4) is 0 Å². The number of aliphatic hydroxyl groups excluding tert-OH is 2. The maximum absolute atomic E-state index is 9.00. The zero-order valence-electron chi connectivity index (χ0n) is 7.16. The number of hydrogen-bond acceptors (Lipinski definition) is 2. The first-order valence-electron chi connectivity index (χ1n) is 4.49. The van der Waals surface area contributed by atoms with Crippen LogP contribution in [0.2, 0.25) is 0 Å². The Morgan fingerprint density at radius 2 is 1.73 bits per heavy atom. The third-order valence-corrected chi connectivity index (χ3v) is 2.87. The van der Waals surface area contributed by atoms with Crippen molar-refractivity contribution >= 4 is 0 Å². The van der Waals surface area contributed by atoms with Crippen LogP contribution in [0.25, 0.3) is 0 Å². The normalized spacial score (nSPS) is 39.0. The van der Waals surface area contributed by atoms with Crippen LogP contribution in [0.1, 0.15) is 26.2 Å². The Hall–Kier alpha value is -0.0800. The quantitative estimate of drug-likeness (QED) is 0.630. The molecule has 2 nitrogen and oxygen atoms in total. The van der Waals surface area contributed by atoms with E-state index in [1.54, 1.807) is 0 Å². The van der Waals surface area contributed by atoms with Crippen LogP contribution < -0.4 is 0 Å². The number of rotatable bonds is 2. The third kappa shape index (κ3) is 2.17. The molecule has 0 radical (unpaired) electrons. The Morgan fingerprint density at radius 3 is 2.27 bits per heavy atom. The first-order valence-corrected chi connectivity index (χ1v) is 4.49. The van der Waals surface area contributed by atoms with E-state index >= 15 is 0 Å². The van der Waals surface area contributed by atoms with Crippen molar-refractivity contribution in [3.05, 3.63) is 0 Å². The van der Waals surface area contributed by atoms with Crippen LogP contribution in [-0.4, -0.2) is 23.4 Å². The monoisotopic (exact) mass is 158 g/mol. The van der Waals surface area contributed by atoms with Gasteiger partial charge in [0.1, 0.15) is 0 Å². The van der Waals surface area contributed by atoms with Gasteiger partial charge in [0.2, 0.25) is 0 Å². The van der Waals surface area contributed by atoms with Gasteiger partial charge in [0.15, 0.2) is 0 Å². The minimum absolute atomic E-state index is 0.246. The number of aliphatic hydroxyl groups is 2. The Morgan fingerprint density at radius 1 is 1.09 bits per heavy atom. The lowest BCUT2D eigenvalue weighted by Crippen LogP contribution is -2.28. The van der Waals surface area contributed by atoms with E-state index in [-0.39, 0.29) is 13.2 Å². The van der Waals surface area contributed by atoms with Crippen molar-refractivity contribution in [1.82, 2.24) is 0 Å².